The Morgan fingerprint density at radius 1 is 1.10 bits per heavy atom. The zero-order valence-corrected chi connectivity index (χ0v) is 17.4. The molecule has 1 spiro atoms. The number of ether oxygens (including phenoxy) is 2. The molecule has 5 heteroatoms. The lowest BCUT2D eigenvalue weighted by atomic mass is 10.00. The first kappa shape index (κ1) is 18.9. The SMILES string of the molecule is CCOc1cc2c(cc1CN1CCC3(C1)CN(c1ccncc1)CCO3)CCC2. The maximum Gasteiger partial charge on any atom is 0.124 e. The molecular weight excluding hydrogens is 362 g/mol. The molecule has 1 aromatic heterocycles. The fourth-order valence-corrected chi connectivity index (χ4v) is 5.24. The Labute approximate surface area is 173 Å². The topological polar surface area (TPSA) is 37.8 Å². The number of rotatable bonds is 5. The van der Waals surface area contributed by atoms with Gasteiger partial charge in [-0.2, -0.15) is 0 Å². The molecule has 0 saturated carbocycles. The molecule has 0 N–H and O–H groups in total. The summed E-state index contributed by atoms with van der Waals surface area (Å²) in [7, 11) is 0. The van der Waals surface area contributed by atoms with Crippen LogP contribution in [0.2, 0.25) is 0 Å². The van der Waals surface area contributed by atoms with E-state index in [1.165, 1.54) is 41.6 Å². The lowest BCUT2D eigenvalue weighted by Gasteiger charge is -2.41. The van der Waals surface area contributed by atoms with E-state index in [0.717, 1.165) is 58.1 Å². The van der Waals surface area contributed by atoms with Crippen LogP contribution in [0, 0.1) is 0 Å². The molecule has 5 nitrogen and oxygen atoms in total. The Bertz CT molecular complexity index is 857. The highest BCUT2D eigenvalue weighted by atomic mass is 16.5. The summed E-state index contributed by atoms with van der Waals surface area (Å²) in [5, 5.41) is 0. The van der Waals surface area contributed by atoms with Gasteiger partial charge in [-0.25, -0.2) is 0 Å². The van der Waals surface area contributed by atoms with Gasteiger partial charge in [0.15, 0.2) is 0 Å². The smallest absolute Gasteiger partial charge is 0.124 e. The predicted octanol–water partition coefficient (Wildman–Crippen LogP) is 3.45. The van der Waals surface area contributed by atoms with Crippen molar-refractivity contribution in [3.05, 3.63) is 53.3 Å². The van der Waals surface area contributed by atoms with Crippen LogP contribution in [0.1, 0.15) is 36.5 Å². The minimum absolute atomic E-state index is 0.0655. The summed E-state index contributed by atoms with van der Waals surface area (Å²) in [5.41, 5.74) is 5.53. The summed E-state index contributed by atoms with van der Waals surface area (Å²) in [5.74, 6) is 1.08. The molecule has 29 heavy (non-hydrogen) atoms. The average Bonchev–Trinajstić information content (AvgIpc) is 3.36. The minimum Gasteiger partial charge on any atom is -0.494 e. The molecule has 0 radical (unpaired) electrons. The van der Waals surface area contributed by atoms with Crippen LogP contribution in [-0.2, 0) is 24.1 Å². The zero-order chi connectivity index (χ0) is 19.7. The summed E-state index contributed by atoms with van der Waals surface area (Å²) in [6.07, 6.45) is 8.52. The molecule has 1 aliphatic carbocycles. The number of likely N-dealkylation sites (tertiary alicyclic amines) is 1. The maximum absolute atomic E-state index is 6.37. The number of anilines is 1. The minimum atomic E-state index is -0.0655. The van der Waals surface area contributed by atoms with Crippen molar-refractivity contribution in [3.63, 3.8) is 0 Å². The molecule has 154 valence electrons. The third-order valence-corrected chi connectivity index (χ3v) is 6.64. The van der Waals surface area contributed by atoms with Crippen molar-refractivity contribution in [1.82, 2.24) is 9.88 Å². The van der Waals surface area contributed by atoms with Crippen molar-refractivity contribution < 1.29 is 9.47 Å². The Balaban J connectivity index is 1.30. The van der Waals surface area contributed by atoms with E-state index >= 15 is 0 Å². The normalized spacial score (nSPS) is 24.2. The largest absolute Gasteiger partial charge is 0.494 e. The highest BCUT2D eigenvalue weighted by Gasteiger charge is 2.43. The highest BCUT2D eigenvalue weighted by Crippen LogP contribution is 2.35. The molecule has 3 aliphatic rings. The number of nitrogens with zero attached hydrogens (tertiary/aromatic N) is 3. The Morgan fingerprint density at radius 2 is 1.93 bits per heavy atom. The Morgan fingerprint density at radius 3 is 2.76 bits per heavy atom. The molecular formula is C24H31N3O2. The maximum atomic E-state index is 6.37. The second-order valence-electron chi connectivity index (χ2n) is 8.63. The molecule has 2 aromatic rings. The van der Waals surface area contributed by atoms with Gasteiger partial charge in [-0.15, -0.1) is 0 Å². The van der Waals surface area contributed by atoms with Crippen molar-refractivity contribution >= 4 is 5.69 Å². The van der Waals surface area contributed by atoms with Gasteiger partial charge in [0.1, 0.15) is 5.75 Å². The van der Waals surface area contributed by atoms with E-state index in [2.05, 4.69) is 46.0 Å². The molecule has 3 heterocycles. The number of aryl methyl sites for hydroxylation is 2. The van der Waals surface area contributed by atoms with Gasteiger partial charge in [0, 0.05) is 56.4 Å². The first-order valence-electron chi connectivity index (χ1n) is 11.0. The van der Waals surface area contributed by atoms with Gasteiger partial charge in [0.05, 0.1) is 18.8 Å². The highest BCUT2D eigenvalue weighted by molar-refractivity contribution is 5.46. The number of hydrogen-bond donors (Lipinski definition) is 0. The second-order valence-corrected chi connectivity index (χ2v) is 8.63. The predicted molar refractivity (Wildman–Crippen MR) is 115 cm³/mol. The van der Waals surface area contributed by atoms with E-state index in [-0.39, 0.29) is 5.60 Å². The van der Waals surface area contributed by atoms with Crippen molar-refractivity contribution in [2.45, 2.75) is 44.8 Å². The fourth-order valence-electron chi connectivity index (χ4n) is 5.24. The molecule has 0 amide bonds. The standard InChI is InChI=1S/C24H31N3O2/c1-2-28-23-15-20-5-3-4-19(20)14-21(23)16-26-11-8-24(17-26)18-27(12-13-29-24)22-6-9-25-10-7-22/h6-7,9-10,14-15H,2-5,8,11-13,16-18H2,1H3. The molecule has 0 bridgehead atoms. The molecule has 2 saturated heterocycles. The molecule has 1 atom stereocenters. The lowest BCUT2D eigenvalue weighted by Crippen LogP contribution is -2.53. The molecule has 2 aliphatic heterocycles. The molecule has 1 unspecified atom stereocenters. The van der Waals surface area contributed by atoms with Crippen molar-refractivity contribution in [1.29, 1.82) is 0 Å². The van der Waals surface area contributed by atoms with Gasteiger partial charge in [0.25, 0.3) is 0 Å². The first-order chi connectivity index (χ1) is 14.2. The monoisotopic (exact) mass is 393 g/mol. The number of aromatic nitrogens is 1. The number of morpholine rings is 1. The van der Waals surface area contributed by atoms with Crippen LogP contribution in [0.25, 0.3) is 0 Å². The van der Waals surface area contributed by atoms with Gasteiger partial charge in [-0.05, 0) is 61.9 Å². The summed E-state index contributed by atoms with van der Waals surface area (Å²) in [6, 6.07) is 8.91. The van der Waals surface area contributed by atoms with Crippen molar-refractivity contribution in [2.24, 2.45) is 0 Å². The van der Waals surface area contributed by atoms with Gasteiger partial charge < -0.3 is 14.4 Å². The van der Waals surface area contributed by atoms with Crippen LogP contribution in [0.3, 0.4) is 0 Å². The summed E-state index contributed by atoms with van der Waals surface area (Å²) in [6.45, 7) is 8.50. The van der Waals surface area contributed by atoms with Gasteiger partial charge in [-0.1, -0.05) is 6.07 Å². The summed E-state index contributed by atoms with van der Waals surface area (Å²) in [4.78, 5) is 9.16. The first-order valence-corrected chi connectivity index (χ1v) is 11.0. The van der Waals surface area contributed by atoms with E-state index in [0.29, 0.717) is 0 Å². The second kappa shape index (κ2) is 7.96. The van der Waals surface area contributed by atoms with E-state index in [1.807, 2.05) is 12.4 Å². The third-order valence-electron chi connectivity index (χ3n) is 6.64. The quantitative estimate of drug-likeness (QED) is 0.778. The van der Waals surface area contributed by atoms with Gasteiger partial charge >= 0.3 is 0 Å². The number of benzene rings is 1. The van der Waals surface area contributed by atoms with Crippen LogP contribution < -0.4 is 9.64 Å². The van der Waals surface area contributed by atoms with E-state index in [9.17, 15) is 0 Å². The zero-order valence-electron chi connectivity index (χ0n) is 17.4. The lowest BCUT2D eigenvalue weighted by molar-refractivity contribution is -0.0474. The van der Waals surface area contributed by atoms with Crippen LogP contribution in [0.4, 0.5) is 5.69 Å². The van der Waals surface area contributed by atoms with Crippen molar-refractivity contribution in [3.8, 4) is 5.75 Å². The van der Waals surface area contributed by atoms with E-state index in [4.69, 9.17) is 9.47 Å². The van der Waals surface area contributed by atoms with Crippen LogP contribution in [-0.4, -0.2) is 54.9 Å². The van der Waals surface area contributed by atoms with Gasteiger partial charge in [0.2, 0.25) is 0 Å². The molecule has 1 aromatic carbocycles. The Kier molecular flexibility index (Phi) is 5.18. The fraction of sp³-hybridized carbons (Fsp3) is 0.542. The summed E-state index contributed by atoms with van der Waals surface area (Å²) >= 11 is 0. The average molecular weight is 394 g/mol. The van der Waals surface area contributed by atoms with E-state index < -0.39 is 0 Å². The molecule has 2 fully saturated rings. The number of pyridine rings is 1. The van der Waals surface area contributed by atoms with E-state index in [1.54, 1.807) is 0 Å². The summed E-state index contributed by atoms with van der Waals surface area (Å²) < 4.78 is 12.4. The van der Waals surface area contributed by atoms with Gasteiger partial charge in [-0.3, -0.25) is 9.88 Å². The molecule has 5 rings (SSSR count). The van der Waals surface area contributed by atoms with Crippen LogP contribution >= 0.6 is 0 Å². The van der Waals surface area contributed by atoms with Crippen molar-refractivity contribution in [2.75, 3.05) is 44.3 Å². The van der Waals surface area contributed by atoms with Crippen LogP contribution in [0.5, 0.6) is 5.75 Å². The van der Waals surface area contributed by atoms with Crippen LogP contribution in [0.15, 0.2) is 36.7 Å². The number of hydrogen-bond acceptors (Lipinski definition) is 5. The number of fused-ring (bicyclic) bond motifs is 1. The third kappa shape index (κ3) is 3.86. The Hall–Kier alpha value is -2.11.